The van der Waals surface area contributed by atoms with Gasteiger partial charge in [0.1, 0.15) is 0 Å². The number of phosphoric ester groups is 1. The van der Waals surface area contributed by atoms with Crippen LogP contribution in [0.2, 0.25) is 0 Å². The number of hydrogen-bond acceptors (Lipinski definition) is 2. The molecule has 0 radical (unpaired) electrons. The van der Waals surface area contributed by atoms with Crippen LogP contribution in [0.25, 0.3) is 0 Å². The SMILES string of the molecule is C[N+]1(C)CCCC(COP(=O)(O)O)C1. The molecule has 1 rings (SSSR count). The van der Waals surface area contributed by atoms with Crippen molar-refractivity contribution in [2.75, 3.05) is 33.8 Å². The van der Waals surface area contributed by atoms with Crippen LogP contribution in [0.3, 0.4) is 0 Å². The van der Waals surface area contributed by atoms with Gasteiger partial charge < -0.3 is 14.3 Å². The highest BCUT2D eigenvalue weighted by molar-refractivity contribution is 7.46. The molecule has 0 amide bonds. The molecule has 0 aliphatic carbocycles. The first-order valence-electron chi connectivity index (χ1n) is 4.81. The summed E-state index contributed by atoms with van der Waals surface area (Å²) in [5, 5.41) is 0. The monoisotopic (exact) mass is 224 g/mol. The van der Waals surface area contributed by atoms with Crippen LogP contribution in [0.5, 0.6) is 0 Å². The fourth-order valence-corrected chi connectivity index (χ4v) is 2.43. The fourth-order valence-electron chi connectivity index (χ4n) is 2.03. The molecule has 0 aromatic carbocycles. The normalized spacial score (nSPS) is 27.6. The zero-order valence-electron chi connectivity index (χ0n) is 8.72. The lowest BCUT2D eigenvalue weighted by Gasteiger charge is -2.37. The van der Waals surface area contributed by atoms with E-state index in [1.807, 2.05) is 0 Å². The molecule has 0 bridgehead atoms. The number of nitrogens with zero attached hydrogens (tertiary/aromatic N) is 1. The third-order valence-corrected chi connectivity index (χ3v) is 3.09. The van der Waals surface area contributed by atoms with Gasteiger partial charge in [0.2, 0.25) is 0 Å². The minimum Gasteiger partial charge on any atom is -0.328 e. The summed E-state index contributed by atoms with van der Waals surface area (Å²) in [6, 6.07) is 0. The molecule has 1 aliphatic heterocycles. The molecule has 0 aromatic rings. The molecule has 1 saturated heterocycles. The van der Waals surface area contributed by atoms with E-state index in [1.54, 1.807) is 0 Å². The van der Waals surface area contributed by atoms with E-state index >= 15 is 0 Å². The molecule has 14 heavy (non-hydrogen) atoms. The Bertz CT molecular complexity index is 237. The van der Waals surface area contributed by atoms with Gasteiger partial charge in [-0.2, -0.15) is 0 Å². The maximum atomic E-state index is 10.5. The number of quaternary nitrogens is 1. The van der Waals surface area contributed by atoms with Crippen molar-refractivity contribution in [3.63, 3.8) is 0 Å². The second-order valence-electron chi connectivity index (χ2n) is 4.64. The van der Waals surface area contributed by atoms with Crippen molar-refractivity contribution in [1.29, 1.82) is 0 Å². The first kappa shape index (κ1) is 12.1. The summed E-state index contributed by atoms with van der Waals surface area (Å²) < 4.78 is 15.9. The van der Waals surface area contributed by atoms with Gasteiger partial charge in [0, 0.05) is 5.92 Å². The van der Waals surface area contributed by atoms with E-state index in [1.165, 1.54) is 0 Å². The Morgan fingerprint density at radius 3 is 2.64 bits per heavy atom. The Morgan fingerprint density at radius 1 is 1.50 bits per heavy atom. The van der Waals surface area contributed by atoms with Crippen molar-refractivity contribution in [3.8, 4) is 0 Å². The Labute approximate surface area is 84.5 Å². The quantitative estimate of drug-likeness (QED) is 0.543. The Morgan fingerprint density at radius 2 is 2.14 bits per heavy atom. The van der Waals surface area contributed by atoms with Crippen LogP contribution in [0.1, 0.15) is 12.8 Å². The number of piperidine rings is 1. The lowest BCUT2D eigenvalue weighted by atomic mass is 9.98. The lowest BCUT2D eigenvalue weighted by Crippen LogP contribution is -2.48. The molecule has 0 saturated carbocycles. The molecule has 1 atom stereocenters. The molecular formula is C8H19NO4P+. The highest BCUT2D eigenvalue weighted by atomic mass is 31.2. The predicted octanol–water partition coefficient (Wildman–Crippen LogP) is 0.582. The van der Waals surface area contributed by atoms with E-state index in [4.69, 9.17) is 9.79 Å². The van der Waals surface area contributed by atoms with Crippen LogP contribution in [-0.4, -0.2) is 48.1 Å². The van der Waals surface area contributed by atoms with Crippen molar-refractivity contribution in [1.82, 2.24) is 0 Å². The maximum absolute atomic E-state index is 10.5. The molecule has 5 nitrogen and oxygen atoms in total. The third kappa shape index (κ3) is 4.53. The van der Waals surface area contributed by atoms with Gasteiger partial charge in [0.15, 0.2) is 0 Å². The third-order valence-electron chi connectivity index (χ3n) is 2.61. The largest absolute Gasteiger partial charge is 0.469 e. The van der Waals surface area contributed by atoms with Gasteiger partial charge in [0.25, 0.3) is 0 Å². The lowest BCUT2D eigenvalue weighted by molar-refractivity contribution is -0.898. The van der Waals surface area contributed by atoms with Gasteiger partial charge in [-0.1, -0.05) is 0 Å². The summed E-state index contributed by atoms with van der Waals surface area (Å²) in [6.07, 6.45) is 2.10. The van der Waals surface area contributed by atoms with Gasteiger partial charge in [-0.05, 0) is 12.8 Å². The molecule has 1 unspecified atom stereocenters. The topological polar surface area (TPSA) is 66.8 Å². The van der Waals surface area contributed by atoms with Crippen molar-refractivity contribution in [3.05, 3.63) is 0 Å². The highest BCUT2D eigenvalue weighted by Crippen LogP contribution is 2.37. The summed E-state index contributed by atoms with van der Waals surface area (Å²) in [7, 11) is -0.0239. The second kappa shape index (κ2) is 4.29. The first-order valence-corrected chi connectivity index (χ1v) is 6.34. The van der Waals surface area contributed by atoms with Crippen molar-refractivity contribution in [2.24, 2.45) is 5.92 Å². The summed E-state index contributed by atoms with van der Waals surface area (Å²) in [5.74, 6) is 0.270. The molecule has 2 N–H and O–H groups in total. The maximum Gasteiger partial charge on any atom is 0.469 e. The van der Waals surface area contributed by atoms with Crippen LogP contribution >= 0.6 is 7.82 Å². The van der Waals surface area contributed by atoms with E-state index < -0.39 is 7.82 Å². The Hall–Kier alpha value is 0.0700. The van der Waals surface area contributed by atoms with Gasteiger partial charge in [-0.15, -0.1) is 0 Å². The van der Waals surface area contributed by atoms with Crippen LogP contribution in [0.15, 0.2) is 0 Å². The van der Waals surface area contributed by atoms with E-state index in [0.29, 0.717) is 0 Å². The summed E-state index contributed by atoms with van der Waals surface area (Å²) >= 11 is 0. The summed E-state index contributed by atoms with van der Waals surface area (Å²) in [5.41, 5.74) is 0. The molecular weight excluding hydrogens is 205 g/mol. The van der Waals surface area contributed by atoms with Crippen molar-refractivity contribution < 1.29 is 23.4 Å². The smallest absolute Gasteiger partial charge is 0.328 e. The predicted molar refractivity (Wildman–Crippen MR) is 52.6 cm³/mol. The summed E-state index contributed by atoms with van der Waals surface area (Å²) in [4.78, 5) is 17.1. The average Bonchev–Trinajstić information content (AvgIpc) is 1.98. The first-order chi connectivity index (χ1) is 6.29. The van der Waals surface area contributed by atoms with Gasteiger partial charge in [-0.3, -0.25) is 4.52 Å². The zero-order valence-corrected chi connectivity index (χ0v) is 9.61. The molecule has 0 aromatic heterocycles. The van der Waals surface area contributed by atoms with Crippen LogP contribution in [0, 0.1) is 5.92 Å². The van der Waals surface area contributed by atoms with Crippen molar-refractivity contribution in [2.45, 2.75) is 12.8 Å². The molecule has 6 heteroatoms. The number of hydrogen-bond donors (Lipinski definition) is 2. The molecule has 0 spiro atoms. The van der Waals surface area contributed by atoms with E-state index in [-0.39, 0.29) is 12.5 Å². The Kier molecular flexibility index (Phi) is 3.72. The molecule has 1 aliphatic rings. The Balaban J connectivity index is 2.35. The van der Waals surface area contributed by atoms with Crippen LogP contribution in [-0.2, 0) is 9.09 Å². The zero-order chi connectivity index (χ0) is 10.8. The van der Waals surface area contributed by atoms with Crippen LogP contribution in [0.4, 0.5) is 0 Å². The van der Waals surface area contributed by atoms with E-state index in [9.17, 15) is 4.57 Å². The minimum absolute atomic E-state index is 0.173. The number of likely N-dealkylation sites (tertiary alicyclic amines) is 1. The molecule has 84 valence electrons. The highest BCUT2D eigenvalue weighted by Gasteiger charge is 2.29. The molecule has 1 heterocycles. The summed E-state index contributed by atoms with van der Waals surface area (Å²) in [6.45, 7) is 2.23. The van der Waals surface area contributed by atoms with Crippen molar-refractivity contribution >= 4 is 7.82 Å². The molecule has 1 fully saturated rings. The van der Waals surface area contributed by atoms with E-state index in [0.717, 1.165) is 30.4 Å². The van der Waals surface area contributed by atoms with Gasteiger partial charge in [0.05, 0.1) is 33.8 Å². The second-order valence-corrected chi connectivity index (χ2v) is 5.88. The standard InChI is InChI=1S/C8H18NO4P/c1-9(2)5-3-4-8(6-9)7-13-14(10,11)12/h8H,3-7H2,1-2H3,(H-,10,11,12)/p+1. The van der Waals surface area contributed by atoms with Gasteiger partial charge >= 0.3 is 7.82 Å². The van der Waals surface area contributed by atoms with E-state index in [2.05, 4.69) is 18.6 Å². The number of phosphoric acid groups is 1. The fraction of sp³-hybridized carbons (Fsp3) is 1.00. The van der Waals surface area contributed by atoms with Crippen LogP contribution < -0.4 is 0 Å². The number of rotatable bonds is 3. The minimum atomic E-state index is -4.28. The van der Waals surface area contributed by atoms with Gasteiger partial charge in [-0.25, -0.2) is 4.57 Å². The average molecular weight is 224 g/mol.